The lowest BCUT2D eigenvalue weighted by Crippen LogP contribution is -2.21. The van der Waals surface area contributed by atoms with Crippen LogP contribution in [0.1, 0.15) is 23.0 Å². The largest absolute Gasteiger partial charge is 0.497 e. The van der Waals surface area contributed by atoms with Gasteiger partial charge in [0.15, 0.2) is 6.61 Å². The van der Waals surface area contributed by atoms with Crippen molar-refractivity contribution >= 4 is 28.5 Å². The predicted octanol–water partition coefficient (Wildman–Crippen LogP) is 3.78. The molecule has 0 fully saturated rings. The summed E-state index contributed by atoms with van der Waals surface area (Å²) in [6.45, 7) is 2.07. The van der Waals surface area contributed by atoms with Gasteiger partial charge in [-0.05, 0) is 13.0 Å². The van der Waals surface area contributed by atoms with E-state index < -0.39 is 18.5 Å². The van der Waals surface area contributed by atoms with Crippen molar-refractivity contribution in [3.8, 4) is 11.5 Å². The molecule has 0 spiro atoms. The second-order valence-electron chi connectivity index (χ2n) is 6.27. The van der Waals surface area contributed by atoms with Gasteiger partial charge in [0.05, 0.1) is 20.8 Å². The smallest absolute Gasteiger partial charge is 0.375 e. The van der Waals surface area contributed by atoms with E-state index in [-0.39, 0.29) is 12.4 Å². The zero-order valence-electron chi connectivity index (χ0n) is 17.0. The van der Waals surface area contributed by atoms with Crippen molar-refractivity contribution in [2.75, 3.05) is 32.8 Å². The number of carbonyl (C=O) groups excluding carboxylic acids is 2. The number of anilines is 1. The number of carbonyl (C=O) groups is 2. The number of benzene rings is 2. The number of ether oxygens (including phenoxy) is 4. The van der Waals surface area contributed by atoms with E-state index >= 15 is 0 Å². The summed E-state index contributed by atoms with van der Waals surface area (Å²) < 4.78 is 26.6. The Labute approximate surface area is 173 Å². The molecular weight excluding hydrogens is 390 g/mol. The Morgan fingerprint density at radius 3 is 2.40 bits per heavy atom. The van der Waals surface area contributed by atoms with Gasteiger partial charge < -0.3 is 28.7 Å². The van der Waals surface area contributed by atoms with Crippen molar-refractivity contribution in [3.63, 3.8) is 0 Å². The Kier molecular flexibility index (Phi) is 6.92. The standard InChI is InChI=1S/C22H23NO7/c1-4-28-12-18-17-7-5-6-8-19(17)30-21(18)22(25)29-13-20(24)23-14-9-15(26-2)11-16(10-14)27-3/h5-11H,4,12-13H2,1-3H3,(H,23,24). The average Bonchev–Trinajstić information content (AvgIpc) is 3.14. The highest BCUT2D eigenvalue weighted by molar-refractivity contribution is 5.98. The van der Waals surface area contributed by atoms with Crippen LogP contribution in [0.4, 0.5) is 5.69 Å². The Balaban J connectivity index is 1.69. The summed E-state index contributed by atoms with van der Waals surface area (Å²) in [5.74, 6) is -0.185. The molecule has 2 aromatic carbocycles. The van der Waals surface area contributed by atoms with E-state index in [1.807, 2.05) is 19.1 Å². The summed E-state index contributed by atoms with van der Waals surface area (Å²) in [4.78, 5) is 24.8. The molecule has 0 atom stereocenters. The van der Waals surface area contributed by atoms with Crippen molar-refractivity contribution < 1.29 is 33.0 Å². The van der Waals surface area contributed by atoms with Crippen LogP contribution < -0.4 is 14.8 Å². The van der Waals surface area contributed by atoms with Crippen LogP contribution in [0.15, 0.2) is 46.9 Å². The first-order chi connectivity index (χ1) is 14.5. The molecule has 1 heterocycles. The summed E-state index contributed by atoms with van der Waals surface area (Å²) in [6.07, 6.45) is 0. The van der Waals surface area contributed by atoms with Crippen molar-refractivity contribution in [2.45, 2.75) is 13.5 Å². The van der Waals surface area contributed by atoms with Crippen LogP contribution in [0.25, 0.3) is 11.0 Å². The number of rotatable bonds is 9. The molecule has 0 aliphatic heterocycles. The first-order valence-electron chi connectivity index (χ1n) is 9.34. The Morgan fingerprint density at radius 2 is 1.73 bits per heavy atom. The fourth-order valence-electron chi connectivity index (χ4n) is 2.88. The third-order valence-corrected chi connectivity index (χ3v) is 4.30. The molecule has 0 saturated heterocycles. The number of amides is 1. The van der Waals surface area contributed by atoms with Gasteiger partial charge in [0.25, 0.3) is 5.91 Å². The van der Waals surface area contributed by atoms with Crippen molar-refractivity contribution in [1.29, 1.82) is 0 Å². The number of para-hydroxylation sites is 1. The van der Waals surface area contributed by atoms with Gasteiger partial charge in [-0.25, -0.2) is 4.79 Å². The highest BCUT2D eigenvalue weighted by atomic mass is 16.5. The molecule has 0 aliphatic carbocycles. The number of hydrogen-bond donors (Lipinski definition) is 1. The Morgan fingerprint density at radius 1 is 1.03 bits per heavy atom. The molecule has 3 rings (SSSR count). The maximum Gasteiger partial charge on any atom is 0.375 e. The van der Waals surface area contributed by atoms with Crippen molar-refractivity contribution in [3.05, 3.63) is 53.8 Å². The summed E-state index contributed by atoms with van der Waals surface area (Å²) in [5, 5.41) is 3.41. The van der Waals surface area contributed by atoms with Gasteiger partial charge in [0, 0.05) is 41.4 Å². The molecule has 1 amide bonds. The summed E-state index contributed by atoms with van der Waals surface area (Å²) in [5.41, 5.74) is 1.59. The molecule has 3 aromatic rings. The van der Waals surface area contributed by atoms with Crippen LogP contribution >= 0.6 is 0 Å². The lowest BCUT2D eigenvalue weighted by Gasteiger charge is -2.10. The Bertz CT molecular complexity index is 1020. The minimum atomic E-state index is -0.737. The van der Waals surface area contributed by atoms with Gasteiger partial charge >= 0.3 is 5.97 Å². The van der Waals surface area contributed by atoms with Gasteiger partial charge in [-0.2, -0.15) is 0 Å². The maximum atomic E-state index is 12.6. The lowest BCUT2D eigenvalue weighted by atomic mass is 10.1. The predicted molar refractivity (Wildman–Crippen MR) is 110 cm³/mol. The molecule has 8 nitrogen and oxygen atoms in total. The fraction of sp³-hybridized carbons (Fsp3) is 0.273. The highest BCUT2D eigenvalue weighted by Crippen LogP contribution is 2.28. The van der Waals surface area contributed by atoms with E-state index in [1.54, 1.807) is 30.3 Å². The molecule has 0 aliphatic rings. The quantitative estimate of drug-likeness (QED) is 0.533. The summed E-state index contributed by atoms with van der Waals surface area (Å²) in [7, 11) is 3.02. The van der Waals surface area contributed by atoms with Crippen LogP contribution in [0.5, 0.6) is 11.5 Å². The molecule has 1 N–H and O–H groups in total. The number of nitrogens with one attached hydrogen (secondary N) is 1. The minimum Gasteiger partial charge on any atom is -0.497 e. The maximum absolute atomic E-state index is 12.6. The Hall–Kier alpha value is -3.52. The number of esters is 1. The molecule has 0 saturated carbocycles. The topological polar surface area (TPSA) is 96.2 Å². The minimum absolute atomic E-state index is 0.0282. The first kappa shape index (κ1) is 21.2. The third kappa shape index (κ3) is 4.90. The van der Waals surface area contributed by atoms with E-state index in [2.05, 4.69) is 5.32 Å². The van der Waals surface area contributed by atoms with Crippen LogP contribution in [0.3, 0.4) is 0 Å². The van der Waals surface area contributed by atoms with Crippen LogP contribution in [0, 0.1) is 0 Å². The molecule has 0 unspecified atom stereocenters. The lowest BCUT2D eigenvalue weighted by molar-refractivity contribution is -0.119. The van der Waals surface area contributed by atoms with E-state index in [9.17, 15) is 9.59 Å². The van der Waals surface area contributed by atoms with E-state index in [1.165, 1.54) is 14.2 Å². The SMILES string of the molecule is CCOCc1c(C(=O)OCC(=O)Nc2cc(OC)cc(OC)c2)oc2ccccc12. The van der Waals surface area contributed by atoms with Gasteiger partial charge in [0.1, 0.15) is 17.1 Å². The normalized spacial score (nSPS) is 10.6. The van der Waals surface area contributed by atoms with Crippen LogP contribution in [-0.4, -0.2) is 39.3 Å². The van der Waals surface area contributed by atoms with E-state index in [0.29, 0.717) is 34.9 Å². The van der Waals surface area contributed by atoms with Crippen LogP contribution in [0.2, 0.25) is 0 Å². The van der Waals surface area contributed by atoms with Gasteiger partial charge in [-0.1, -0.05) is 18.2 Å². The van der Waals surface area contributed by atoms with Gasteiger partial charge in [-0.15, -0.1) is 0 Å². The number of furan rings is 1. The zero-order chi connectivity index (χ0) is 21.5. The molecule has 0 radical (unpaired) electrons. The number of fused-ring (bicyclic) bond motifs is 1. The van der Waals surface area contributed by atoms with Crippen molar-refractivity contribution in [1.82, 2.24) is 0 Å². The molecule has 0 bridgehead atoms. The van der Waals surface area contributed by atoms with Crippen LogP contribution in [-0.2, 0) is 20.9 Å². The number of hydrogen-bond acceptors (Lipinski definition) is 7. The zero-order valence-corrected chi connectivity index (χ0v) is 17.0. The molecule has 158 valence electrons. The molecule has 8 heteroatoms. The van der Waals surface area contributed by atoms with E-state index in [0.717, 1.165) is 5.39 Å². The second-order valence-corrected chi connectivity index (χ2v) is 6.27. The molecule has 1 aromatic heterocycles. The highest BCUT2D eigenvalue weighted by Gasteiger charge is 2.22. The van der Waals surface area contributed by atoms with E-state index in [4.69, 9.17) is 23.4 Å². The molecular formula is C22H23NO7. The van der Waals surface area contributed by atoms with Gasteiger partial charge in [0.2, 0.25) is 5.76 Å². The third-order valence-electron chi connectivity index (χ3n) is 4.30. The number of methoxy groups -OCH3 is 2. The first-order valence-corrected chi connectivity index (χ1v) is 9.34. The second kappa shape index (κ2) is 9.80. The average molecular weight is 413 g/mol. The fourth-order valence-corrected chi connectivity index (χ4v) is 2.88. The summed E-state index contributed by atoms with van der Waals surface area (Å²) >= 11 is 0. The van der Waals surface area contributed by atoms with Gasteiger partial charge in [-0.3, -0.25) is 4.79 Å². The van der Waals surface area contributed by atoms with Crippen molar-refractivity contribution in [2.24, 2.45) is 0 Å². The molecule has 30 heavy (non-hydrogen) atoms. The monoisotopic (exact) mass is 413 g/mol. The summed E-state index contributed by atoms with van der Waals surface area (Å²) in [6, 6.07) is 12.2.